The summed E-state index contributed by atoms with van der Waals surface area (Å²) in [6.45, 7) is 13.7. The first-order valence-corrected chi connectivity index (χ1v) is 4.49. The number of hydrogen-bond acceptors (Lipinski definition) is 0. The van der Waals surface area contributed by atoms with Gasteiger partial charge in [0.15, 0.2) is 0 Å². The van der Waals surface area contributed by atoms with Crippen LogP contribution in [0.3, 0.4) is 0 Å². The van der Waals surface area contributed by atoms with E-state index < -0.39 is 0 Å². The van der Waals surface area contributed by atoms with Crippen LogP contribution in [0.4, 0.5) is 0 Å². The standard InChI is InChI=1S/C10H17N/c1-8(2)9-6-5-7-10(9,3)11-4/h8-9H,5-7H2,1-3H3/t9-,10?/m0/s1. The van der Waals surface area contributed by atoms with E-state index in [1.54, 1.807) is 0 Å². The van der Waals surface area contributed by atoms with Crippen LogP contribution in [0, 0.1) is 18.4 Å². The Kier molecular flexibility index (Phi) is 2.23. The molecule has 0 radical (unpaired) electrons. The van der Waals surface area contributed by atoms with Gasteiger partial charge in [0.2, 0.25) is 5.54 Å². The monoisotopic (exact) mass is 151 g/mol. The lowest BCUT2D eigenvalue weighted by Gasteiger charge is -2.22. The summed E-state index contributed by atoms with van der Waals surface area (Å²) in [5.74, 6) is 1.32. The fourth-order valence-corrected chi connectivity index (χ4v) is 2.37. The molecule has 1 aliphatic rings. The molecule has 62 valence electrons. The summed E-state index contributed by atoms with van der Waals surface area (Å²) < 4.78 is 0. The van der Waals surface area contributed by atoms with Crippen LogP contribution in [0.5, 0.6) is 0 Å². The molecule has 2 atom stereocenters. The third-order valence-electron chi connectivity index (χ3n) is 3.06. The van der Waals surface area contributed by atoms with Crippen molar-refractivity contribution in [1.82, 2.24) is 0 Å². The third-order valence-corrected chi connectivity index (χ3v) is 3.06. The Labute approximate surface area is 69.6 Å². The van der Waals surface area contributed by atoms with E-state index in [9.17, 15) is 0 Å². The SMILES string of the molecule is [C-]#[N+]C1(C)CCC[C@H]1C(C)C. The summed E-state index contributed by atoms with van der Waals surface area (Å²) in [5.41, 5.74) is -0.0336. The van der Waals surface area contributed by atoms with Gasteiger partial charge < -0.3 is 4.85 Å². The van der Waals surface area contributed by atoms with Gasteiger partial charge in [-0.3, -0.25) is 0 Å². The zero-order valence-corrected chi connectivity index (χ0v) is 7.72. The molecule has 0 saturated heterocycles. The molecule has 11 heavy (non-hydrogen) atoms. The number of rotatable bonds is 1. The van der Waals surface area contributed by atoms with E-state index in [1.807, 2.05) is 0 Å². The van der Waals surface area contributed by atoms with E-state index in [0.29, 0.717) is 11.8 Å². The largest absolute Gasteiger partial charge is 0.310 e. The zero-order valence-electron chi connectivity index (χ0n) is 7.72. The van der Waals surface area contributed by atoms with Crippen molar-refractivity contribution in [2.24, 2.45) is 11.8 Å². The highest BCUT2D eigenvalue weighted by atomic mass is 14.8. The van der Waals surface area contributed by atoms with Gasteiger partial charge in [0.05, 0.1) is 0 Å². The molecule has 0 amide bonds. The predicted octanol–water partition coefficient (Wildman–Crippen LogP) is 3.12. The van der Waals surface area contributed by atoms with Gasteiger partial charge in [-0.1, -0.05) is 13.8 Å². The second kappa shape index (κ2) is 2.85. The maximum absolute atomic E-state index is 7.15. The van der Waals surface area contributed by atoms with Crippen LogP contribution in [-0.4, -0.2) is 5.54 Å². The molecule has 0 aromatic heterocycles. The van der Waals surface area contributed by atoms with E-state index in [1.165, 1.54) is 12.8 Å². The summed E-state index contributed by atoms with van der Waals surface area (Å²) in [6, 6.07) is 0. The average Bonchev–Trinajstić information content (AvgIpc) is 2.32. The van der Waals surface area contributed by atoms with E-state index in [2.05, 4.69) is 25.6 Å². The average molecular weight is 151 g/mol. The normalized spacial score (nSPS) is 37.5. The number of nitrogens with zero attached hydrogens (tertiary/aromatic N) is 1. The van der Waals surface area contributed by atoms with E-state index in [-0.39, 0.29) is 5.54 Å². The van der Waals surface area contributed by atoms with Crippen LogP contribution in [-0.2, 0) is 0 Å². The molecule has 1 unspecified atom stereocenters. The van der Waals surface area contributed by atoms with Crippen LogP contribution < -0.4 is 0 Å². The van der Waals surface area contributed by atoms with Crippen molar-refractivity contribution in [1.29, 1.82) is 0 Å². The smallest absolute Gasteiger partial charge is 0.232 e. The van der Waals surface area contributed by atoms with Gasteiger partial charge in [0.25, 0.3) is 0 Å². The fourth-order valence-electron chi connectivity index (χ4n) is 2.37. The van der Waals surface area contributed by atoms with Gasteiger partial charge in [-0.25, -0.2) is 6.57 Å². The lowest BCUT2D eigenvalue weighted by Crippen LogP contribution is -2.28. The van der Waals surface area contributed by atoms with Crippen molar-refractivity contribution in [3.63, 3.8) is 0 Å². The van der Waals surface area contributed by atoms with Crippen LogP contribution >= 0.6 is 0 Å². The lowest BCUT2D eigenvalue weighted by molar-refractivity contribution is 0.306. The lowest BCUT2D eigenvalue weighted by atomic mass is 9.82. The quantitative estimate of drug-likeness (QED) is 0.507. The molecular weight excluding hydrogens is 134 g/mol. The second-order valence-corrected chi connectivity index (χ2v) is 4.21. The van der Waals surface area contributed by atoms with Crippen LogP contribution in [0.2, 0.25) is 0 Å². The fraction of sp³-hybridized carbons (Fsp3) is 0.900. The molecule has 0 bridgehead atoms. The van der Waals surface area contributed by atoms with Crippen molar-refractivity contribution in [3.8, 4) is 0 Å². The predicted molar refractivity (Wildman–Crippen MR) is 47.2 cm³/mol. The molecule has 1 fully saturated rings. The van der Waals surface area contributed by atoms with Crippen LogP contribution in [0.25, 0.3) is 4.85 Å². The molecule has 0 aromatic carbocycles. The molecule has 0 heterocycles. The Morgan fingerprint density at radius 1 is 1.55 bits per heavy atom. The highest BCUT2D eigenvalue weighted by Crippen LogP contribution is 2.42. The van der Waals surface area contributed by atoms with Gasteiger partial charge >= 0.3 is 0 Å². The molecule has 1 heteroatoms. The Balaban J connectivity index is 2.74. The van der Waals surface area contributed by atoms with Gasteiger partial charge in [0, 0.05) is 19.3 Å². The highest BCUT2D eigenvalue weighted by molar-refractivity contribution is 5.04. The minimum atomic E-state index is -0.0336. The summed E-state index contributed by atoms with van der Waals surface area (Å²) in [7, 11) is 0. The van der Waals surface area contributed by atoms with Crippen LogP contribution in [0.1, 0.15) is 40.0 Å². The minimum absolute atomic E-state index is 0.0336. The maximum atomic E-state index is 7.15. The van der Waals surface area contributed by atoms with E-state index in [4.69, 9.17) is 6.57 Å². The molecule has 1 saturated carbocycles. The molecule has 0 aromatic rings. The first-order chi connectivity index (χ1) is 5.10. The van der Waals surface area contributed by atoms with Crippen molar-refractivity contribution in [2.75, 3.05) is 0 Å². The van der Waals surface area contributed by atoms with E-state index >= 15 is 0 Å². The highest BCUT2D eigenvalue weighted by Gasteiger charge is 2.45. The molecule has 0 spiro atoms. The Morgan fingerprint density at radius 2 is 2.18 bits per heavy atom. The van der Waals surface area contributed by atoms with Crippen molar-refractivity contribution < 1.29 is 0 Å². The van der Waals surface area contributed by atoms with E-state index in [0.717, 1.165) is 6.42 Å². The molecule has 1 aliphatic carbocycles. The molecule has 1 rings (SSSR count). The first-order valence-electron chi connectivity index (χ1n) is 4.49. The third kappa shape index (κ3) is 1.40. The Bertz CT molecular complexity index is 178. The van der Waals surface area contributed by atoms with Gasteiger partial charge in [-0.05, 0) is 18.8 Å². The second-order valence-electron chi connectivity index (χ2n) is 4.21. The molecule has 0 aliphatic heterocycles. The van der Waals surface area contributed by atoms with Crippen molar-refractivity contribution >= 4 is 0 Å². The Hall–Kier alpha value is -0.510. The zero-order chi connectivity index (χ0) is 8.48. The summed E-state index contributed by atoms with van der Waals surface area (Å²) in [6.07, 6.45) is 3.62. The first kappa shape index (κ1) is 8.59. The minimum Gasteiger partial charge on any atom is -0.310 e. The maximum Gasteiger partial charge on any atom is 0.232 e. The topological polar surface area (TPSA) is 4.36 Å². The van der Waals surface area contributed by atoms with Crippen molar-refractivity contribution in [3.05, 3.63) is 11.4 Å². The van der Waals surface area contributed by atoms with Crippen LogP contribution in [0.15, 0.2) is 0 Å². The number of hydrogen-bond donors (Lipinski definition) is 0. The molecule has 0 N–H and O–H groups in total. The summed E-state index contributed by atoms with van der Waals surface area (Å²) in [4.78, 5) is 3.77. The summed E-state index contributed by atoms with van der Waals surface area (Å²) in [5, 5.41) is 0. The van der Waals surface area contributed by atoms with Gasteiger partial charge in [-0.2, -0.15) is 0 Å². The summed E-state index contributed by atoms with van der Waals surface area (Å²) >= 11 is 0. The molecular formula is C10H17N. The molecule has 1 nitrogen and oxygen atoms in total. The van der Waals surface area contributed by atoms with Gasteiger partial charge in [-0.15, -0.1) is 0 Å². The Morgan fingerprint density at radius 3 is 2.55 bits per heavy atom. The van der Waals surface area contributed by atoms with Crippen molar-refractivity contribution in [2.45, 2.75) is 45.6 Å². The van der Waals surface area contributed by atoms with Gasteiger partial charge in [0.1, 0.15) is 0 Å².